The summed E-state index contributed by atoms with van der Waals surface area (Å²) in [6.07, 6.45) is 5.55. The maximum absolute atomic E-state index is 4.41. The molecule has 2 aromatic rings. The zero-order valence-electron chi connectivity index (χ0n) is 13.3. The molecule has 0 radical (unpaired) electrons. The van der Waals surface area contributed by atoms with Crippen LogP contribution < -0.4 is 5.32 Å². The highest BCUT2D eigenvalue weighted by atomic mass is 15.0. The van der Waals surface area contributed by atoms with Gasteiger partial charge in [0, 0.05) is 18.3 Å². The van der Waals surface area contributed by atoms with Crippen LogP contribution in [0.15, 0.2) is 48.7 Å². The Morgan fingerprint density at radius 2 is 1.76 bits per heavy atom. The van der Waals surface area contributed by atoms with Gasteiger partial charge in [-0.1, -0.05) is 43.7 Å². The van der Waals surface area contributed by atoms with Crippen molar-refractivity contribution in [1.82, 2.24) is 10.3 Å². The van der Waals surface area contributed by atoms with Gasteiger partial charge >= 0.3 is 0 Å². The molecule has 0 amide bonds. The summed E-state index contributed by atoms with van der Waals surface area (Å²) in [7, 11) is 0. The molecule has 1 aromatic carbocycles. The van der Waals surface area contributed by atoms with E-state index in [4.69, 9.17) is 0 Å². The highest BCUT2D eigenvalue weighted by Crippen LogP contribution is 2.19. The predicted molar refractivity (Wildman–Crippen MR) is 89.3 cm³/mol. The summed E-state index contributed by atoms with van der Waals surface area (Å²) in [5, 5.41) is 3.61. The van der Waals surface area contributed by atoms with Crippen LogP contribution in [0, 0.1) is 0 Å². The second-order valence-corrected chi connectivity index (χ2v) is 5.71. The highest BCUT2D eigenvalue weighted by molar-refractivity contribution is 5.25. The molecule has 112 valence electrons. The standard InChI is InChI=1S/C19H26N2/c1-4-5-8-17-10-12-18(13-11-17)15(2)21-16(3)19-9-6-7-14-20-19/h6-7,9-16,21H,4-5,8H2,1-3H3/t15?,16-/m0/s1. The minimum atomic E-state index is 0.251. The fraction of sp³-hybridized carbons (Fsp3) is 0.421. The molecule has 1 N–H and O–H groups in total. The number of pyridine rings is 1. The molecule has 1 aromatic heterocycles. The number of nitrogens with zero attached hydrogens (tertiary/aromatic N) is 1. The zero-order chi connectivity index (χ0) is 15.1. The van der Waals surface area contributed by atoms with Crippen molar-refractivity contribution in [2.24, 2.45) is 0 Å². The van der Waals surface area contributed by atoms with Crippen LogP contribution in [0.25, 0.3) is 0 Å². The molecule has 0 bridgehead atoms. The molecule has 0 saturated heterocycles. The maximum atomic E-state index is 4.41. The van der Waals surface area contributed by atoms with Crippen LogP contribution >= 0.6 is 0 Å². The molecule has 2 nitrogen and oxygen atoms in total. The molecular weight excluding hydrogens is 256 g/mol. The summed E-state index contributed by atoms with van der Waals surface area (Å²) in [5.41, 5.74) is 3.85. The van der Waals surface area contributed by atoms with Crippen molar-refractivity contribution in [3.8, 4) is 0 Å². The van der Waals surface area contributed by atoms with Gasteiger partial charge in [-0.2, -0.15) is 0 Å². The van der Waals surface area contributed by atoms with E-state index in [1.54, 1.807) is 0 Å². The number of aryl methyl sites for hydroxylation is 1. The fourth-order valence-corrected chi connectivity index (χ4v) is 2.54. The number of hydrogen-bond donors (Lipinski definition) is 1. The Labute approximate surface area is 128 Å². The fourth-order valence-electron chi connectivity index (χ4n) is 2.54. The summed E-state index contributed by atoms with van der Waals surface area (Å²) >= 11 is 0. The average molecular weight is 282 g/mol. The maximum Gasteiger partial charge on any atom is 0.0570 e. The van der Waals surface area contributed by atoms with Crippen LogP contribution in [-0.2, 0) is 6.42 Å². The van der Waals surface area contributed by atoms with E-state index in [1.807, 2.05) is 18.3 Å². The van der Waals surface area contributed by atoms with Crippen LogP contribution in [0.2, 0.25) is 0 Å². The monoisotopic (exact) mass is 282 g/mol. The van der Waals surface area contributed by atoms with Crippen molar-refractivity contribution < 1.29 is 0 Å². The van der Waals surface area contributed by atoms with E-state index in [2.05, 4.69) is 61.4 Å². The van der Waals surface area contributed by atoms with Crippen molar-refractivity contribution in [2.45, 2.75) is 52.1 Å². The van der Waals surface area contributed by atoms with Crippen molar-refractivity contribution in [3.05, 3.63) is 65.5 Å². The molecule has 0 spiro atoms. The first-order valence-corrected chi connectivity index (χ1v) is 7.96. The number of benzene rings is 1. The largest absolute Gasteiger partial charge is 0.302 e. The van der Waals surface area contributed by atoms with Crippen molar-refractivity contribution in [2.75, 3.05) is 0 Å². The van der Waals surface area contributed by atoms with Gasteiger partial charge < -0.3 is 5.32 Å². The normalized spacial score (nSPS) is 13.9. The van der Waals surface area contributed by atoms with E-state index < -0.39 is 0 Å². The predicted octanol–water partition coefficient (Wildman–Crippen LogP) is 4.84. The van der Waals surface area contributed by atoms with E-state index in [0.29, 0.717) is 6.04 Å². The van der Waals surface area contributed by atoms with Gasteiger partial charge in [-0.15, -0.1) is 0 Å². The average Bonchev–Trinajstić information content (AvgIpc) is 2.54. The highest BCUT2D eigenvalue weighted by Gasteiger charge is 2.11. The van der Waals surface area contributed by atoms with Crippen molar-refractivity contribution in [1.29, 1.82) is 0 Å². The molecule has 1 unspecified atom stereocenters. The Morgan fingerprint density at radius 3 is 2.38 bits per heavy atom. The molecule has 0 aliphatic heterocycles. The lowest BCUT2D eigenvalue weighted by Gasteiger charge is -2.20. The van der Waals surface area contributed by atoms with Gasteiger partial charge in [0.25, 0.3) is 0 Å². The second kappa shape index (κ2) is 7.94. The van der Waals surface area contributed by atoms with Crippen molar-refractivity contribution >= 4 is 0 Å². The van der Waals surface area contributed by atoms with Gasteiger partial charge in [-0.3, -0.25) is 4.98 Å². The third kappa shape index (κ3) is 4.68. The Kier molecular flexibility index (Phi) is 5.94. The SMILES string of the molecule is CCCCc1ccc(C(C)N[C@@H](C)c2ccccn2)cc1. The summed E-state index contributed by atoms with van der Waals surface area (Å²) in [5.74, 6) is 0. The van der Waals surface area contributed by atoms with E-state index in [-0.39, 0.29) is 6.04 Å². The smallest absolute Gasteiger partial charge is 0.0570 e. The van der Waals surface area contributed by atoms with Crippen LogP contribution in [0.1, 0.15) is 62.5 Å². The van der Waals surface area contributed by atoms with Gasteiger partial charge in [0.1, 0.15) is 0 Å². The summed E-state index contributed by atoms with van der Waals surface area (Å²) in [4.78, 5) is 4.41. The third-order valence-electron chi connectivity index (χ3n) is 3.93. The third-order valence-corrected chi connectivity index (χ3v) is 3.93. The zero-order valence-corrected chi connectivity index (χ0v) is 13.3. The summed E-state index contributed by atoms with van der Waals surface area (Å²) in [6, 6.07) is 15.6. The molecule has 2 atom stereocenters. The van der Waals surface area contributed by atoms with Crippen molar-refractivity contribution in [3.63, 3.8) is 0 Å². The number of rotatable bonds is 7. The first-order chi connectivity index (χ1) is 10.2. The first kappa shape index (κ1) is 15.7. The first-order valence-electron chi connectivity index (χ1n) is 7.96. The lowest BCUT2D eigenvalue weighted by Crippen LogP contribution is -2.23. The van der Waals surface area contributed by atoms with Crippen LogP contribution in [0.5, 0.6) is 0 Å². The van der Waals surface area contributed by atoms with E-state index >= 15 is 0 Å². The summed E-state index contributed by atoms with van der Waals surface area (Å²) in [6.45, 7) is 6.61. The number of nitrogens with one attached hydrogen (secondary N) is 1. The number of hydrogen-bond acceptors (Lipinski definition) is 2. The number of aromatic nitrogens is 1. The Bertz CT molecular complexity index is 519. The van der Waals surface area contributed by atoms with E-state index in [1.165, 1.54) is 30.4 Å². The summed E-state index contributed by atoms with van der Waals surface area (Å²) < 4.78 is 0. The molecule has 0 saturated carbocycles. The molecule has 0 fully saturated rings. The van der Waals surface area contributed by atoms with E-state index in [0.717, 1.165) is 5.69 Å². The topological polar surface area (TPSA) is 24.9 Å². The molecule has 2 rings (SSSR count). The quantitative estimate of drug-likeness (QED) is 0.786. The van der Waals surface area contributed by atoms with Gasteiger partial charge in [0.05, 0.1) is 5.69 Å². The Hall–Kier alpha value is -1.67. The van der Waals surface area contributed by atoms with Gasteiger partial charge in [-0.25, -0.2) is 0 Å². The Balaban J connectivity index is 1.95. The molecule has 1 heterocycles. The lowest BCUT2D eigenvalue weighted by atomic mass is 10.0. The minimum Gasteiger partial charge on any atom is -0.302 e. The molecule has 2 heteroatoms. The lowest BCUT2D eigenvalue weighted by molar-refractivity contribution is 0.486. The Morgan fingerprint density at radius 1 is 1.00 bits per heavy atom. The molecule has 21 heavy (non-hydrogen) atoms. The van der Waals surface area contributed by atoms with Crippen LogP contribution in [0.3, 0.4) is 0 Å². The van der Waals surface area contributed by atoms with E-state index in [9.17, 15) is 0 Å². The van der Waals surface area contributed by atoms with Crippen LogP contribution in [-0.4, -0.2) is 4.98 Å². The second-order valence-electron chi connectivity index (χ2n) is 5.71. The molecule has 0 aliphatic rings. The van der Waals surface area contributed by atoms with Gasteiger partial charge in [0.15, 0.2) is 0 Å². The minimum absolute atomic E-state index is 0.251. The van der Waals surface area contributed by atoms with Gasteiger partial charge in [-0.05, 0) is 49.9 Å². The molecule has 0 aliphatic carbocycles. The van der Waals surface area contributed by atoms with Crippen LogP contribution in [0.4, 0.5) is 0 Å². The molecular formula is C19H26N2. The number of unbranched alkanes of at least 4 members (excludes halogenated alkanes) is 1. The van der Waals surface area contributed by atoms with Gasteiger partial charge in [0.2, 0.25) is 0 Å².